The van der Waals surface area contributed by atoms with E-state index in [0.29, 0.717) is 37.7 Å². The Hall–Kier alpha value is -2.17. The maximum atomic E-state index is 14.5. The first kappa shape index (κ1) is 17.6. The molecule has 3 N–H and O–H groups in total. The van der Waals surface area contributed by atoms with Crippen LogP contribution in [0.15, 0.2) is 18.2 Å². The van der Waals surface area contributed by atoms with Crippen molar-refractivity contribution in [1.82, 2.24) is 16.2 Å². The second-order valence-electron chi connectivity index (χ2n) is 5.65. The molecule has 0 saturated carbocycles. The summed E-state index contributed by atoms with van der Waals surface area (Å²) in [5.74, 6) is -0.379. The van der Waals surface area contributed by atoms with Crippen molar-refractivity contribution >= 4 is 34.9 Å². The second-order valence-corrected chi connectivity index (χ2v) is 6.02. The molecule has 0 radical (unpaired) electrons. The van der Waals surface area contributed by atoms with E-state index < -0.39 is 6.09 Å². The summed E-state index contributed by atoms with van der Waals surface area (Å²) in [6.45, 7) is 2.57. The molecular weight excluding hydrogens is 349 g/mol. The molecule has 3 rings (SSSR count). The van der Waals surface area contributed by atoms with Gasteiger partial charge in [0.25, 0.3) is 5.17 Å². The summed E-state index contributed by atoms with van der Waals surface area (Å²) in [5, 5.41) is 3.07. The zero-order valence-electron chi connectivity index (χ0n) is 13.8. The number of hydrogen-bond acceptors (Lipinski definition) is 7. The number of hydrogen-bond donors (Lipinski definition) is 3. The first-order valence-corrected chi connectivity index (χ1v) is 8.29. The molecule has 2 fully saturated rings. The first-order chi connectivity index (χ1) is 12.1. The van der Waals surface area contributed by atoms with Gasteiger partial charge < -0.3 is 19.7 Å². The highest BCUT2D eigenvalue weighted by Gasteiger charge is 2.33. The number of carbonyl (C=O) groups is 1. The van der Waals surface area contributed by atoms with Gasteiger partial charge in [0.2, 0.25) is 0 Å². The molecule has 136 valence electrons. The van der Waals surface area contributed by atoms with E-state index in [4.69, 9.17) is 21.7 Å². The van der Waals surface area contributed by atoms with E-state index in [2.05, 4.69) is 16.2 Å². The average Bonchev–Trinajstić information content (AvgIpc) is 3.01. The summed E-state index contributed by atoms with van der Waals surface area (Å²) >= 11 is 4.88. The highest BCUT2D eigenvalue weighted by atomic mass is 32.1. The fourth-order valence-corrected chi connectivity index (χ4v) is 2.83. The number of rotatable bonds is 4. The highest BCUT2D eigenvalue weighted by molar-refractivity contribution is 7.80. The van der Waals surface area contributed by atoms with E-state index in [1.54, 1.807) is 12.1 Å². The normalized spacial score (nSPS) is 20.4. The number of halogens is 1. The van der Waals surface area contributed by atoms with Crippen molar-refractivity contribution in [2.24, 2.45) is 0 Å². The highest BCUT2D eigenvalue weighted by Crippen LogP contribution is 2.27. The Balaban J connectivity index is 1.66. The van der Waals surface area contributed by atoms with Crippen molar-refractivity contribution < 1.29 is 18.7 Å². The number of benzene rings is 1. The largest absolute Gasteiger partial charge is 0.474 e. The third-order valence-electron chi connectivity index (χ3n) is 4.02. The van der Waals surface area contributed by atoms with Gasteiger partial charge in [0, 0.05) is 13.1 Å². The molecule has 10 heteroatoms. The molecule has 1 atom stereocenters. The molecule has 1 aromatic carbocycles. The molecule has 1 amide bonds. The number of ether oxygens (including phenoxy) is 2. The van der Waals surface area contributed by atoms with Crippen LogP contribution in [0, 0.1) is 5.82 Å². The Kier molecular flexibility index (Phi) is 5.51. The molecule has 1 aromatic rings. The quantitative estimate of drug-likeness (QED) is 0.664. The first-order valence-electron chi connectivity index (χ1n) is 7.88. The fraction of sp³-hybridized carbons (Fsp3) is 0.467. The molecule has 0 aliphatic carbocycles. The molecule has 0 spiro atoms. The van der Waals surface area contributed by atoms with E-state index in [9.17, 15) is 9.18 Å². The van der Waals surface area contributed by atoms with Gasteiger partial charge in [0.15, 0.2) is 0 Å². The van der Waals surface area contributed by atoms with Crippen LogP contribution in [-0.2, 0) is 9.47 Å². The van der Waals surface area contributed by atoms with Gasteiger partial charge in [-0.1, -0.05) is 0 Å². The SMILES string of the molecule is COC(=S)NC[C@H]1CN(c2ccc(N3CCNNC3)c(F)c2)C(=O)O1. The third kappa shape index (κ3) is 4.09. The van der Waals surface area contributed by atoms with Gasteiger partial charge in [-0.05, 0) is 30.4 Å². The lowest BCUT2D eigenvalue weighted by Gasteiger charge is -2.30. The maximum Gasteiger partial charge on any atom is 0.414 e. The van der Waals surface area contributed by atoms with Crippen molar-refractivity contribution in [3.8, 4) is 0 Å². The van der Waals surface area contributed by atoms with Crippen LogP contribution in [-0.4, -0.2) is 57.3 Å². The minimum absolute atomic E-state index is 0.231. The van der Waals surface area contributed by atoms with E-state index in [1.807, 2.05) is 4.90 Å². The van der Waals surface area contributed by atoms with Gasteiger partial charge >= 0.3 is 6.09 Å². The Labute approximate surface area is 150 Å². The zero-order valence-corrected chi connectivity index (χ0v) is 14.6. The number of anilines is 2. The van der Waals surface area contributed by atoms with Gasteiger partial charge in [0.1, 0.15) is 11.9 Å². The predicted molar refractivity (Wildman–Crippen MR) is 95.0 cm³/mol. The Bertz CT molecular complexity index is 656. The second kappa shape index (κ2) is 7.81. The lowest BCUT2D eigenvalue weighted by molar-refractivity contribution is 0.142. The minimum Gasteiger partial charge on any atom is -0.474 e. The van der Waals surface area contributed by atoms with Crippen molar-refractivity contribution in [2.75, 3.05) is 49.8 Å². The van der Waals surface area contributed by atoms with Crippen molar-refractivity contribution in [3.05, 3.63) is 24.0 Å². The van der Waals surface area contributed by atoms with Gasteiger partial charge in [-0.25, -0.2) is 14.6 Å². The minimum atomic E-state index is -0.508. The molecule has 0 bridgehead atoms. The van der Waals surface area contributed by atoms with Gasteiger partial charge in [0.05, 0.1) is 38.2 Å². The number of hydrazine groups is 1. The predicted octanol–water partition coefficient (Wildman–Crippen LogP) is 0.543. The Morgan fingerprint density at radius 1 is 1.52 bits per heavy atom. The van der Waals surface area contributed by atoms with Crippen LogP contribution >= 0.6 is 12.2 Å². The van der Waals surface area contributed by atoms with Crippen LogP contribution in [0.1, 0.15) is 0 Å². The Morgan fingerprint density at radius 3 is 3.04 bits per heavy atom. The van der Waals surface area contributed by atoms with Crippen LogP contribution in [0.4, 0.5) is 20.6 Å². The molecule has 2 aliphatic rings. The van der Waals surface area contributed by atoms with Crippen molar-refractivity contribution in [1.29, 1.82) is 0 Å². The average molecular weight is 369 g/mol. The number of nitrogens with one attached hydrogen (secondary N) is 3. The zero-order chi connectivity index (χ0) is 17.8. The molecule has 2 aliphatic heterocycles. The maximum absolute atomic E-state index is 14.5. The van der Waals surface area contributed by atoms with Crippen LogP contribution < -0.4 is 26.0 Å². The summed E-state index contributed by atoms with van der Waals surface area (Å²) in [4.78, 5) is 15.4. The number of cyclic esters (lactones) is 1. The number of carbonyl (C=O) groups excluding carboxylic acids is 1. The van der Waals surface area contributed by atoms with Gasteiger partial charge in [-0.3, -0.25) is 10.3 Å². The summed E-state index contributed by atoms with van der Waals surface area (Å²) in [7, 11) is 1.46. The molecule has 25 heavy (non-hydrogen) atoms. The lowest BCUT2D eigenvalue weighted by Crippen LogP contribution is -2.52. The monoisotopic (exact) mass is 369 g/mol. The molecule has 0 unspecified atom stereocenters. The molecule has 2 saturated heterocycles. The van der Waals surface area contributed by atoms with Crippen LogP contribution in [0.25, 0.3) is 0 Å². The standard InChI is InChI=1S/C15H20FN5O3S/c1-23-14(25)17-7-11-8-21(15(22)24-11)10-2-3-13(12(16)6-10)20-5-4-18-19-9-20/h2-3,6,11,18-19H,4-5,7-9H2,1H3,(H,17,25)/t11-/m0/s1. The molecule has 0 aromatic heterocycles. The molecular formula is C15H20FN5O3S. The van der Waals surface area contributed by atoms with E-state index in [0.717, 1.165) is 6.54 Å². The number of amides is 1. The van der Waals surface area contributed by atoms with Crippen LogP contribution in [0.5, 0.6) is 0 Å². The number of nitrogens with zero attached hydrogens (tertiary/aromatic N) is 2. The third-order valence-corrected chi connectivity index (χ3v) is 4.33. The molecule has 8 nitrogen and oxygen atoms in total. The van der Waals surface area contributed by atoms with Crippen LogP contribution in [0.3, 0.4) is 0 Å². The number of methoxy groups -OCH3 is 1. The fourth-order valence-electron chi connectivity index (χ4n) is 2.74. The Morgan fingerprint density at radius 2 is 2.36 bits per heavy atom. The smallest absolute Gasteiger partial charge is 0.414 e. The van der Waals surface area contributed by atoms with E-state index in [1.165, 1.54) is 18.1 Å². The van der Waals surface area contributed by atoms with Crippen molar-refractivity contribution in [3.63, 3.8) is 0 Å². The summed E-state index contributed by atoms with van der Waals surface area (Å²) in [6.07, 6.45) is -0.896. The van der Waals surface area contributed by atoms with Crippen LogP contribution in [0.2, 0.25) is 0 Å². The van der Waals surface area contributed by atoms with Gasteiger partial charge in [-0.15, -0.1) is 0 Å². The summed E-state index contributed by atoms with van der Waals surface area (Å²) < 4.78 is 24.6. The van der Waals surface area contributed by atoms with Crippen molar-refractivity contribution in [2.45, 2.75) is 6.10 Å². The molecule has 2 heterocycles. The van der Waals surface area contributed by atoms with Gasteiger partial charge in [-0.2, -0.15) is 0 Å². The lowest BCUT2D eigenvalue weighted by atomic mass is 10.2. The summed E-state index contributed by atoms with van der Waals surface area (Å²) in [6, 6.07) is 4.75. The van der Waals surface area contributed by atoms with E-state index in [-0.39, 0.29) is 17.1 Å². The van der Waals surface area contributed by atoms with E-state index >= 15 is 0 Å². The topological polar surface area (TPSA) is 78.1 Å². The summed E-state index contributed by atoms with van der Waals surface area (Å²) in [5.41, 5.74) is 6.91. The number of thiocarbonyl (C=S) groups is 1.